The highest BCUT2D eigenvalue weighted by Gasteiger charge is 2.46. The standard InChI is InChI=1S/C23H26F5N7O/c1-13-4-5-31-17(6-13)16(10-30-3)19(29)20(36)35-12-22(24,25)7-14(2)18(35)11-34-21-32-8-15(9-33-21)23(26,27)28/h4-6,8-10,14,18H,7,11-12,29H2,1-3H3,(H,32,33,34). The van der Waals surface area contributed by atoms with Gasteiger partial charge in [0, 0.05) is 50.4 Å². The molecule has 0 spiro atoms. The van der Waals surface area contributed by atoms with Crippen LogP contribution in [0, 0.1) is 12.8 Å². The van der Waals surface area contributed by atoms with E-state index in [4.69, 9.17) is 5.73 Å². The number of alkyl halides is 5. The molecular weight excluding hydrogens is 485 g/mol. The molecule has 0 aromatic carbocycles. The van der Waals surface area contributed by atoms with Gasteiger partial charge in [-0.15, -0.1) is 0 Å². The molecule has 2 aromatic heterocycles. The third-order valence-corrected chi connectivity index (χ3v) is 5.76. The van der Waals surface area contributed by atoms with E-state index in [0.717, 1.165) is 10.5 Å². The number of aromatic nitrogens is 3. The average Bonchev–Trinajstić information content (AvgIpc) is 2.80. The van der Waals surface area contributed by atoms with Crippen molar-refractivity contribution in [3.05, 3.63) is 53.2 Å². The van der Waals surface area contributed by atoms with E-state index in [-0.39, 0.29) is 23.8 Å². The first-order valence-electron chi connectivity index (χ1n) is 11.0. The lowest BCUT2D eigenvalue weighted by Gasteiger charge is -2.43. The van der Waals surface area contributed by atoms with Gasteiger partial charge in [-0.1, -0.05) is 6.92 Å². The summed E-state index contributed by atoms with van der Waals surface area (Å²) in [5.41, 5.74) is 6.24. The van der Waals surface area contributed by atoms with E-state index in [1.807, 2.05) is 6.92 Å². The smallest absolute Gasteiger partial charge is 0.394 e. The number of aliphatic imine (C=N–C) groups is 1. The zero-order valence-corrected chi connectivity index (χ0v) is 19.9. The lowest BCUT2D eigenvalue weighted by molar-refractivity contribution is -0.148. The lowest BCUT2D eigenvalue weighted by Crippen LogP contribution is -2.58. The molecule has 1 aliphatic heterocycles. The maximum absolute atomic E-state index is 14.5. The number of carbonyl (C=O) groups is 1. The van der Waals surface area contributed by atoms with Crippen LogP contribution in [-0.2, 0) is 11.0 Å². The molecule has 8 nitrogen and oxygen atoms in total. The van der Waals surface area contributed by atoms with E-state index in [1.165, 1.54) is 19.5 Å². The highest BCUT2D eigenvalue weighted by Crippen LogP contribution is 2.35. The van der Waals surface area contributed by atoms with Gasteiger partial charge in [0.15, 0.2) is 0 Å². The van der Waals surface area contributed by atoms with Crippen LogP contribution in [0.3, 0.4) is 0 Å². The van der Waals surface area contributed by atoms with Crippen LogP contribution in [0.2, 0.25) is 0 Å². The molecule has 1 aliphatic rings. The quantitative estimate of drug-likeness (QED) is 0.349. The zero-order valence-electron chi connectivity index (χ0n) is 19.9. The number of rotatable bonds is 6. The number of halogens is 5. The van der Waals surface area contributed by atoms with Crippen molar-refractivity contribution >= 4 is 23.6 Å². The van der Waals surface area contributed by atoms with E-state index in [1.54, 1.807) is 19.1 Å². The zero-order chi connectivity index (χ0) is 26.7. The number of hydrogen-bond acceptors (Lipinski definition) is 7. The first kappa shape index (κ1) is 27.0. The number of carbonyl (C=O) groups excluding carboxylic acids is 1. The van der Waals surface area contributed by atoms with E-state index in [2.05, 4.69) is 25.3 Å². The van der Waals surface area contributed by atoms with Gasteiger partial charge in [-0.25, -0.2) is 18.7 Å². The minimum atomic E-state index is -4.60. The third kappa shape index (κ3) is 6.32. The van der Waals surface area contributed by atoms with Crippen LogP contribution in [0.25, 0.3) is 5.57 Å². The second-order valence-corrected chi connectivity index (χ2v) is 8.64. The molecule has 0 aliphatic carbocycles. The van der Waals surface area contributed by atoms with E-state index in [9.17, 15) is 26.7 Å². The van der Waals surface area contributed by atoms with Crippen molar-refractivity contribution in [3.8, 4) is 0 Å². The summed E-state index contributed by atoms with van der Waals surface area (Å²) in [6, 6.07) is 2.66. The average molecular weight is 511 g/mol. The molecule has 3 heterocycles. The normalized spacial score (nSPS) is 20.8. The Morgan fingerprint density at radius 2 is 1.97 bits per heavy atom. The number of hydrogen-bond donors (Lipinski definition) is 2. The van der Waals surface area contributed by atoms with Crippen LogP contribution in [0.1, 0.15) is 30.2 Å². The number of likely N-dealkylation sites (tertiary alicyclic amines) is 1. The maximum atomic E-state index is 14.5. The van der Waals surface area contributed by atoms with E-state index in [0.29, 0.717) is 18.1 Å². The summed E-state index contributed by atoms with van der Waals surface area (Å²) in [4.78, 5) is 29.8. The van der Waals surface area contributed by atoms with Crippen molar-refractivity contribution in [2.45, 2.75) is 38.4 Å². The number of nitrogens with two attached hydrogens (primary N) is 1. The molecule has 1 saturated heterocycles. The number of anilines is 1. The maximum Gasteiger partial charge on any atom is 0.419 e. The van der Waals surface area contributed by atoms with Crippen LogP contribution >= 0.6 is 0 Å². The second-order valence-electron chi connectivity index (χ2n) is 8.64. The first-order valence-corrected chi connectivity index (χ1v) is 11.0. The van der Waals surface area contributed by atoms with Gasteiger partial charge >= 0.3 is 6.18 Å². The molecule has 2 atom stereocenters. The van der Waals surface area contributed by atoms with Gasteiger partial charge in [0.1, 0.15) is 5.70 Å². The Hall–Kier alpha value is -3.64. The Morgan fingerprint density at radius 3 is 2.56 bits per heavy atom. The lowest BCUT2D eigenvalue weighted by atomic mass is 9.88. The van der Waals surface area contributed by atoms with Crippen molar-refractivity contribution in [1.82, 2.24) is 19.9 Å². The summed E-state index contributed by atoms with van der Waals surface area (Å²) in [5.74, 6) is -4.80. The Balaban J connectivity index is 1.90. The molecule has 1 amide bonds. The van der Waals surface area contributed by atoms with E-state index >= 15 is 0 Å². The molecule has 0 bridgehead atoms. The number of amides is 1. The highest BCUT2D eigenvalue weighted by molar-refractivity contribution is 6.18. The Morgan fingerprint density at radius 1 is 1.31 bits per heavy atom. The largest absolute Gasteiger partial charge is 0.419 e. The molecule has 1 fully saturated rings. The second kappa shape index (κ2) is 10.5. The molecular formula is C23H26F5N7O. The Kier molecular flexibility index (Phi) is 7.89. The van der Waals surface area contributed by atoms with Crippen molar-refractivity contribution in [1.29, 1.82) is 0 Å². The summed E-state index contributed by atoms with van der Waals surface area (Å²) in [6.45, 7) is 2.42. The van der Waals surface area contributed by atoms with Gasteiger partial charge in [-0.05, 0) is 30.5 Å². The van der Waals surface area contributed by atoms with Crippen LogP contribution in [0.4, 0.5) is 27.9 Å². The number of allylic oxidation sites excluding steroid dienone is 1. The van der Waals surface area contributed by atoms with Gasteiger partial charge in [-0.3, -0.25) is 14.8 Å². The monoisotopic (exact) mass is 511 g/mol. The van der Waals surface area contributed by atoms with Crippen LogP contribution in [0.15, 0.2) is 41.4 Å². The topological polar surface area (TPSA) is 109 Å². The molecule has 0 saturated carbocycles. The van der Waals surface area contributed by atoms with Gasteiger partial charge in [-0.2, -0.15) is 13.2 Å². The van der Waals surface area contributed by atoms with Crippen LogP contribution in [-0.4, -0.2) is 64.1 Å². The third-order valence-electron chi connectivity index (χ3n) is 5.76. The molecule has 3 N–H and O–H groups in total. The van der Waals surface area contributed by atoms with Crippen molar-refractivity contribution in [2.24, 2.45) is 16.6 Å². The molecule has 194 valence electrons. The number of pyridine rings is 1. The summed E-state index contributed by atoms with van der Waals surface area (Å²) in [5, 5.41) is 2.74. The molecule has 13 heteroatoms. The van der Waals surface area contributed by atoms with Gasteiger partial charge in [0.25, 0.3) is 11.8 Å². The predicted octanol–water partition coefficient (Wildman–Crippen LogP) is 3.55. The van der Waals surface area contributed by atoms with Gasteiger partial charge in [0.05, 0.1) is 23.8 Å². The molecule has 2 unspecified atom stereocenters. The van der Waals surface area contributed by atoms with Crippen molar-refractivity contribution in [2.75, 3.05) is 25.5 Å². The Bertz CT molecular complexity index is 1150. The van der Waals surface area contributed by atoms with Crippen LogP contribution in [0.5, 0.6) is 0 Å². The molecule has 0 radical (unpaired) electrons. The van der Waals surface area contributed by atoms with Gasteiger partial charge in [0.2, 0.25) is 5.95 Å². The van der Waals surface area contributed by atoms with Gasteiger partial charge < -0.3 is 16.0 Å². The SMILES string of the molecule is CN=CC(=C(N)C(=O)N1CC(F)(F)CC(C)C1CNc1ncc(C(F)(F)F)cn1)c1cc(C)ccn1. The van der Waals surface area contributed by atoms with Crippen molar-refractivity contribution < 1.29 is 26.7 Å². The number of nitrogens with one attached hydrogen (secondary N) is 1. The fraction of sp³-hybridized carbons (Fsp3) is 0.435. The highest BCUT2D eigenvalue weighted by atomic mass is 19.4. The Labute approximate surface area is 204 Å². The summed E-state index contributed by atoms with van der Waals surface area (Å²) < 4.78 is 67.3. The minimum absolute atomic E-state index is 0.0818. The summed E-state index contributed by atoms with van der Waals surface area (Å²) in [7, 11) is 1.47. The summed E-state index contributed by atoms with van der Waals surface area (Å²) >= 11 is 0. The van der Waals surface area contributed by atoms with E-state index < -0.39 is 48.5 Å². The molecule has 36 heavy (non-hydrogen) atoms. The first-order chi connectivity index (χ1) is 16.8. The van der Waals surface area contributed by atoms with Crippen LogP contribution < -0.4 is 11.1 Å². The minimum Gasteiger partial charge on any atom is -0.394 e. The molecule has 3 rings (SSSR count). The number of piperidine rings is 1. The molecule has 2 aromatic rings. The van der Waals surface area contributed by atoms with Crippen molar-refractivity contribution in [3.63, 3.8) is 0 Å². The predicted molar refractivity (Wildman–Crippen MR) is 124 cm³/mol. The fourth-order valence-electron chi connectivity index (χ4n) is 4.00. The number of nitrogens with zero attached hydrogens (tertiary/aromatic N) is 5. The number of aryl methyl sites for hydroxylation is 1. The summed E-state index contributed by atoms with van der Waals surface area (Å²) in [6.07, 6.45) is -0.987. The fourth-order valence-corrected chi connectivity index (χ4v) is 4.00.